The van der Waals surface area contributed by atoms with Crippen LogP contribution in [0, 0.1) is 10.1 Å². The summed E-state index contributed by atoms with van der Waals surface area (Å²) in [6, 6.07) is 5.17. The Morgan fingerprint density at radius 3 is 2.65 bits per heavy atom. The second-order valence-electron chi connectivity index (χ2n) is 4.68. The van der Waals surface area contributed by atoms with E-state index in [-0.39, 0.29) is 24.1 Å². The molecule has 0 aliphatic rings. The first-order valence-corrected chi connectivity index (χ1v) is 6.80. The number of anilines is 1. The molecule has 1 N–H and O–H groups in total. The van der Waals surface area contributed by atoms with Gasteiger partial charge < -0.3 is 14.7 Å². The van der Waals surface area contributed by atoms with Gasteiger partial charge in [-0.3, -0.25) is 10.1 Å². The lowest BCUT2D eigenvalue weighted by atomic mass is 10.2. The van der Waals surface area contributed by atoms with E-state index in [0.29, 0.717) is 25.3 Å². The van der Waals surface area contributed by atoms with Crippen LogP contribution in [0.3, 0.4) is 0 Å². The van der Waals surface area contributed by atoms with Gasteiger partial charge in [-0.25, -0.2) is 0 Å². The van der Waals surface area contributed by atoms with E-state index in [1.165, 1.54) is 0 Å². The lowest BCUT2D eigenvalue weighted by Crippen LogP contribution is -2.32. The standard InChI is InChI=1S/C14H22N2O4/c1-4-20-13-8-5-7-12(14(13)16(18)19)15(11(2)3)9-6-10-17/h5,7-8,11,17H,4,6,9-10H2,1-3H3. The molecule has 0 spiro atoms. The summed E-state index contributed by atoms with van der Waals surface area (Å²) in [6.45, 7) is 6.72. The summed E-state index contributed by atoms with van der Waals surface area (Å²) in [5, 5.41) is 20.3. The maximum absolute atomic E-state index is 11.4. The van der Waals surface area contributed by atoms with Crippen molar-refractivity contribution in [2.24, 2.45) is 0 Å². The number of hydrogen-bond acceptors (Lipinski definition) is 5. The fraction of sp³-hybridized carbons (Fsp3) is 0.571. The summed E-state index contributed by atoms with van der Waals surface area (Å²) in [4.78, 5) is 12.9. The van der Waals surface area contributed by atoms with Gasteiger partial charge in [0, 0.05) is 19.2 Å². The first kappa shape index (κ1) is 16.2. The van der Waals surface area contributed by atoms with E-state index in [1.54, 1.807) is 25.1 Å². The largest absolute Gasteiger partial charge is 0.487 e. The maximum atomic E-state index is 11.4. The van der Waals surface area contributed by atoms with Crippen LogP contribution in [0.15, 0.2) is 18.2 Å². The number of benzene rings is 1. The van der Waals surface area contributed by atoms with E-state index in [4.69, 9.17) is 9.84 Å². The third-order valence-corrected chi connectivity index (χ3v) is 2.95. The molecule has 0 aromatic heterocycles. The van der Waals surface area contributed by atoms with Crippen molar-refractivity contribution in [3.05, 3.63) is 28.3 Å². The third kappa shape index (κ3) is 3.84. The highest BCUT2D eigenvalue weighted by Gasteiger charge is 2.25. The van der Waals surface area contributed by atoms with Gasteiger partial charge in [-0.15, -0.1) is 0 Å². The summed E-state index contributed by atoms with van der Waals surface area (Å²) >= 11 is 0. The molecular formula is C14H22N2O4. The van der Waals surface area contributed by atoms with Crippen LogP contribution in [-0.2, 0) is 0 Å². The quantitative estimate of drug-likeness (QED) is 0.586. The average molecular weight is 282 g/mol. The molecule has 0 radical (unpaired) electrons. The van der Waals surface area contributed by atoms with Crippen LogP contribution in [0.25, 0.3) is 0 Å². The highest BCUT2D eigenvalue weighted by molar-refractivity contribution is 5.70. The molecule has 0 unspecified atom stereocenters. The van der Waals surface area contributed by atoms with Crippen molar-refractivity contribution in [2.75, 3.05) is 24.7 Å². The highest BCUT2D eigenvalue weighted by atomic mass is 16.6. The fourth-order valence-corrected chi connectivity index (χ4v) is 2.10. The van der Waals surface area contributed by atoms with Crippen molar-refractivity contribution >= 4 is 11.4 Å². The predicted octanol–water partition coefficient (Wildman–Crippen LogP) is 2.59. The third-order valence-electron chi connectivity index (χ3n) is 2.95. The van der Waals surface area contributed by atoms with E-state index >= 15 is 0 Å². The average Bonchev–Trinajstić information content (AvgIpc) is 2.39. The monoisotopic (exact) mass is 282 g/mol. The van der Waals surface area contributed by atoms with Crippen molar-refractivity contribution in [1.82, 2.24) is 0 Å². The molecule has 0 heterocycles. The number of nitro benzene ring substituents is 1. The van der Waals surface area contributed by atoms with Crippen molar-refractivity contribution < 1.29 is 14.8 Å². The second-order valence-corrected chi connectivity index (χ2v) is 4.68. The topological polar surface area (TPSA) is 75.8 Å². The minimum Gasteiger partial charge on any atom is -0.487 e. The first-order valence-electron chi connectivity index (χ1n) is 6.80. The molecule has 1 aromatic carbocycles. The molecule has 0 atom stereocenters. The van der Waals surface area contributed by atoms with E-state index < -0.39 is 4.92 Å². The van der Waals surface area contributed by atoms with Crippen molar-refractivity contribution in [2.45, 2.75) is 33.2 Å². The normalized spacial score (nSPS) is 10.7. The molecule has 6 nitrogen and oxygen atoms in total. The molecule has 112 valence electrons. The van der Waals surface area contributed by atoms with Crippen LogP contribution in [0.1, 0.15) is 27.2 Å². The van der Waals surface area contributed by atoms with Gasteiger partial charge in [-0.1, -0.05) is 6.07 Å². The zero-order valence-corrected chi connectivity index (χ0v) is 12.2. The van der Waals surface area contributed by atoms with Crippen LogP contribution in [-0.4, -0.2) is 35.8 Å². The number of nitro groups is 1. The molecule has 20 heavy (non-hydrogen) atoms. The number of aliphatic hydroxyl groups excluding tert-OH is 1. The molecule has 1 rings (SSSR count). The molecule has 6 heteroatoms. The molecule has 0 aliphatic heterocycles. The number of rotatable bonds is 8. The number of aliphatic hydroxyl groups is 1. The predicted molar refractivity (Wildman–Crippen MR) is 78.5 cm³/mol. The molecular weight excluding hydrogens is 260 g/mol. The smallest absolute Gasteiger partial charge is 0.333 e. The Morgan fingerprint density at radius 2 is 2.15 bits per heavy atom. The van der Waals surface area contributed by atoms with Crippen molar-refractivity contribution in [3.63, 3.8) is 0 Å². The minimum atomic E-state index is -0.408. The van der Waals surface area contributed by atoms with Gasteiger partial charge in [-0.05, 0) is 39.3 Å². The van der Waals surface area contributed by atoms with Crippen LogP contribution in [0.2, 0.25) is 0 Å². The number of para-hydroxylation sites is 1. The number of nitrogens with zero attached hydrogens (tertiary/aromatic N) is 2. The van der Waals surface area contributed by atoms with Gasteiger partial charge in [0.1, 0.15) is 5.69 Å². The van der Waals surface area contributed by atoms with Crippen LogP contribution in [0.4, 0.5) is 11.4 Å². The Labute approximate surface area is 119 Å². The zero-order chi connectivity index (χ0) is 15.1. The molecule has 0 saturated carbocycles. The zero-order valence-electron chi connectivity index (χ0n) is 12.2. The second kappa shape index (κ2) is 7.69. The van der Waals surface area contributed by atoms with Gasteiger partial charge in [-0.2, -0.15) is 0 Å². The molecule has 0 aliphatic carbocycles. The maximum Gasteiger partial charge on any atom is 0.333 e. The van der Waals surface area contributed by atoms with Crippen LogP contribution >= 0.6 is 0 Å². The summed E-state index contributed by atoms with van der Waals surface area (Å²) in [6.07, 6.45) is 0.564. The Kier molecular flexibility index (Phi) is 6.24. The van der Waals surface area contributed by atoms with Gasteiger partial charge in [0.2, 0.25) is 0 Å². The van der Waals surface area contributed by atoms with Crippen LogP contribution < -0.4 is 9.64 Å². The molecule has 0 bridgehead atoms. The molecule has 0 fully saturated rings. The molecule has 1 aromatic rings. The Morgan fingerprint density at radius 1 is 1.45 bits per heavy atom. The van der Waals surface area contributed by atoms with E-state index in [2.05, 4.69) is 0 Å². The van der Waals surface area contributed by atoms with Gasteiger partial charge in [0.25, 0.3) is 0 Å². The Balaban J connectivity index is 3.25. The highest BCUT2D eigenvalue weighted by Crippen LogP contribution is 2.38. The van der Waals surface area contributed by atoms with Crippen molar-refractivity contribution in [1.29, 1.82) is 0 Å². The minimum absolute atomic E-state index is 0.0130. The number of hydrogen-bond donors (Lipinski definition) is 1. The summed E-state index contributed by atoms with van der Waals surface area (Å²) < 4.78 is 5.36. The van der Waals surface area contributed by atoms with Gasteiger partial charge in [0.05, 0.1) is 11.5 Å². The lowest BCUT2D eigenvalue weighted by Gasteiger charge is -2.28. The summed E-state index contributed by atoms with van der Waals surface area (Å²) in [7, 11) is 0. The fourth-order valence-electron chi connectivity index (χ4n) is 2.10. The SMILES string of the molecule is CCOc1cccc(N(CCCO)C(C)C)c1[N+](=O)[O-]. The van der Waals surface area contributed by atoms with Gasteiger partial charge >= 0.3 is 5.69 Å². The van der Waals surface area contributed by atoms with E-state index in [9.17, 15) is 10.1 Å². The Bertz CT molecular complexity index is 449. The summed E-state index contributed by atoms with van der Waals surface area (Å²) in [5.74, 6) is 0.282. The first-order chi connectivity index (χ1) is 9.52. The molecule has 0 saturated heterocycles. The van der Waals surface area contributed by atoms with E-state index in [1.807, 2.05) is 18.7 Å². The van der Waals surface area contributed by atoms with Crippen molar-refractivity contribution in [3.8, 4) is 5.75 Å². The summed E-state index contributed by atoms with van der Waals surface area (Å²) in [5.41, 5.74) is 0.519. The number of ether oxygens (including phenoxy) is 1. The van der Waals surface area contributed by atoms with E-state index in [0.717, 1.165) is 0 Å². The lowest BCUT2D eigenvalue weighted by molar-refractivity contribution is -0.385. The van der Waals surface area contributed by atoms with Gasteiger partial charge in [0.15, 0.2) is 5.75 Å². The Hall–Kier alpha value is -1.82. The van der Waals surface area contributed by atoms with Crippen LogP contribution in [0.5, 0.6) is 5.75 Å². The molecule has 0 amide bonds.